The third-order valence-electron chi connectivity index (χ3n) is 5.85. The number of hydrogen-bond acceptors (Lipinski definition) is 2. The monoisotopic (exact) mass is 428 g/mol. The highest BCUT2D eigenvalue weighted by atomic mass is 19.4. The third kappa shape index (κ3) is 4.84. The number of rotatable bonds is 7. The van der Waals surface area contributed by atoms with Crippen LogP contribution in [0.5, 0.6) is 5.75 Å². The summed E-state index contributed by atoms with van der Waals surface area (Å²) in [6.07, 6.45) is -10.6. The molecule has 8 heteroatoms. The lowest BCUT2D eigenvalue weighted by molar-refractivity contribution is -0.376. The minimum absolute atomic E-state index is 0.194. The summed E-state index contributed by atoms with van der Waals surface area (Å²) >= 11 is 0. The fraction of sp³-hybridized carbons (Fsp3) is 0.714. The number of benzene rings is 1. The smallest absolute Gasteiger partial charge is 0.430 e. The molecule has 0 spiro atoms. The van der Waals surface area contributed by atoms with Gasteiger partial charge in [-0.3, -0.25) is 0 Å². The second-order valence-corrected chi connectivity index (χ2v) is 8.85. The highest BCUT2D eigenvalue weighted by Gasteiger charge is 2.71. The van der Waals surface area contributed by atoms with Gasteiger partial charge < -0.3 is 9.84 Å². The van der Waals surface area contributed by atoms with Crippen molar-refractivity contribution < 1.29 is 36.2 Å². The van der Waals surface area contributed by atoms with Crippen LogP contribution in [0.2, 0.25) is 0 Å². The molecule has 1 N–H and O–H groups in total. The minimum atomic E-state index is -5.94. The maximum atomic E-state index is 13.5. The molecule has 0 aromatic heterocycles. The zero-order valence-corrected chi connectivity index (χ0v) is 17.9. The van der Waals surface area contributed by atoms with Gasteiger partial charge in [0.2, 0.25) is 0 Å². The molecule has 0 bridgehead atoms. The van der Waals surface area contributed by atoms with Crippen LogP contribution in [0.15, 0.2) is 12.1 Å². The van der Waals surface area contributed by atoms with Crippen LogP contribution in [0.25, 0.3) is 0 Å². The molecule has 0 saturated carbocycles. The Morgan fingerprint density at radius 1 is 0.862 bits per heavy atom. The van der Waals surface area contributed by atoms with Crippen LogP contribution in [0.3, 0.4) is 0 Å². The Hall–Kier alpha value is -1.44. The SMILES string of the molecule is CCC(C)(C)Cc1cc(C(O)(C(F)(F)F)C(F)(F)F)cc(C(C)(C)CC)c1OC. The maximum absolute atomic E-state index is 13.5. The number of aliphatic hydroxyl groups is 1. The van der Waals surface area contributed by atoms with E-state index >= 15 is 0 Å². The van der Waals surface area contributed by atoms with E-state index in [4.69, 9.17) is 4.74 Å². The molecule has 0 saturated heterocycles. The Morgan fingerprint density at radius 3 is 1.69 bits per heavy atom. The van der Waals surface area contributed by atoms with Crippen molar-refractivity contribution in [2.45, 2.75) is 84.2 Å². The molecule has 1 aromatic carbocycles. The molecule has 29 heavy (non-hydrogen) atoms. The Morgan fingerprint density at radius 2 is 1.34 bits per heavy atom. The third-order valence-corrected chi connectivity index (χ3v) is 5.85. The second-order valence-electron chi connectivity index (χ2n) is 8.85. The molecule has 0 radical (unpaired) electrons. The molecule has 0 aliphatic heterocycles. The van der Waals surface area contributed by atoms with E-state index in [-0.39, 0.29) is 23.3 Å². The first kappa shape index (κ1) is 25.6. The molecule has 0 fully saturated rings. The van der Waals surface area contributed by atoms with Crippen molar-refractivity contribution in [3.8, 4) is 5.75 Å². The Balaban J connectivity index is 4.01. The van der Waals surface area contributed by atoms with E-state index < -0.39 is 34.3 Å². The van der Waals surface area contributed by atoms with Crippen LogP contribution in [0.1, 0.15) is 71.1 Å². The highest BCUT2D eigenvalue weighted by Crippen LogP contribution is 2.52. The largest absolute Gasteiger partial charge is 0.496 e. The first-order chi connectivity index (χ1) is 12.9. The molecule has 0 atom stereocenters. The Labute approximate surface area is 168 Å². The average Bonchev–Trinajstić information content (AvgIpc) is 2.57. The average molecular weight is 428 g/mol. The van der Waals surface area contributed by atoms with Gasteiger partial charge in [-0.25, -0.2) is 0 Å². The summed E-state index contributed by atoms with van der Waals surface area (Å²) in [5, 5.41) is 9.97. The lowest BCUT2D eigenvalue weighted by Gasteiger charge is -2.36. The number of methoxy groups -OCH3 is 1. The first-order valence-corrected chi connectivity index (χ1v) is 9.45. The molecule has 0 amide bonds. The van der Waals surface area contributed by atoms with Crippen molar-refractivity contribution in [1.29, 1.82) is 0 Å². The van der Waals surface area contributed by atoms with E-state index in [2.05, 4.69) is 0 Å². The number of hydrogen-bond donors (Lipinski definition) is 1. The van der Waals surface area contributed by atoms with E-state index in [1.165, 1.54) is 7.11 Å². The molecule has 1 rings (SSSR count). The summed E-state index contributed by atoms with van der Waals surface area (Å²) in [4.78, 5) is 0. The standard InChI is InChI=1S/C21H30F6O2/c1-8-17(3,4)12-13-10-14(19(28,20(22,23)24)21(25,26)27)11-15(16(13)29-7)18(5,6)9-2/h10-11,28H,8-9,12H2,1-7H3. The summed E-state index contributed by atoms with van der Waals surface area (Å²) in [5.41, 5.74) is -6.97. The van der Waals surface area contributed by atoms with Crippen molar-refractivity contribution in [2.24, 2.45) is 5.41 Å². The van der Waals surface area contributed by atoms with Gasteiger partial charge in [0, 0.05) is 11.1 Å². The molecule has 2 nitrogen and oxygen atoms in total. The predicted molar refractivity (Wildman–Crippen MR) is 100 cm³/mol. The van der Waals surface area contributed by atoms with Crippen molar-refractivity contribution in [1.82, 2.24) is 0 Å². The van der Waals surface area contributed by atoms with Gasteiger partial charge in [-0.2, -0.15) is 26.3 Å². The van der Waals surface area contributed by atoms with Crippen molar-refractivity contribution in [2.75, 3.05) is 7.11 Å². The van der Waals surface area contributed by atoms with Gasteiger partial charge in [0.1, 0.15) is 5.75 Å². The topological polar surface area (TPSA) is 29.5 Å². The van der Waals surface area contributed by atoms with Gasteiger partial charge in [-0.05, 0) is 41.4 Å². The molecular formula is C21H30F6O2. The lowest BCUT2D eigenvalue weighted by atomic mass is 9.75. The van der Waals surface area contributed by atoms with Crippen molar-refractivity contribution in [3.63, 3.8) is 0 Å². The summed E-state index contributed by atoms with van der Waals surface area (Å²) in [7, 11) is 1.34. The van der Waals surface area contributed by atoms with Crippen molar-refractivity contribution in [3.05, 3.63) is 28.8 Å². The zero-order chi connectivity index (χ0) is 23.1. The number of alkyl halides is 6. The molecule has 168 valence electrons. The lowest BCUT2D eigenvalue weighted by Crippen LogP contribution is -2.54. The maximum Gasteiger partial charge on any atom is 0.430 e. The summed E-state index contributed by atoms with van der Waals surface area (Å²) in [5.74, 6) is 0.258. The fourth-order valence-corrected chi connectivity index (χ4v) is 3.09. The normalized spacial score (nSPS) is 14.3. The van der Waals surface area contributed by atoms with E-state index in [1.807, 2.05) is 20.8 Å². The van der Waals surface area contributed by atoms with Gasteiger partial charge in [0.15, 0.2) is 0 Å². The van der Waals surface area contributed by atoms with Crippen LogP contribution in [-0.4, -0.2) is 24.6 Å². The quantitative estimate of drug-likeness (QED) is 0.491. The second kappa shape index (κ2) is 8.00. The van der Waals surface area contributed by atoms with Gasteiger partial charge >= 0.3 is 12.4 Å². The zero-order valence-electron chi connectivity index (χ0n) is 17.9. The van der Waals surface area contributed by atoms with Crippen LogP contribution in [0.4, 0.5) is 26.3 Å². The van der Waals surface area contributed by atoms with Crippen LogP contribution in [-0.2, 0) is 17.4 Å². The van der Waals surface area contributed by atoms with E-state index in [1.54, 1.807) is 20.8 Å². The fourth-order valence-electron chi connectivity index (χ4n) is 3.09. The molecule has 0 unspecified atom stereocenters. The van der Waals surface area contributed by atoms with Crippen LogP contribution < -0.4 is 4.74 Å². The minimum Gasteiger partial charge on any atom is -0.496 e. The van der Waals surface area contributed by atoms with Crippen molar-refractivity contribution >= 4 is 0 Å². The molecule has 0 aliphatic carbocycles. The van der Waals surface area contributed by atoms with Crippen LogP contribution >= 0.6 is 0 Å². The highest BCUT2D eigenvalue weighted by molar-refractivity contribution is 5.50. The first-order valence-electron chi connectivity index (χ1n) is 9.45. The van der Waals surface area contributed by atoms with Gasteiger partial charge in [-0.15, -0.1) is 0 Å². The van der Waals surface area contributed by atoms with Gasteiger partial charge in [0.05, 0.1) is 7.11 Å². The Kier molecular flexibility index (Phi) is 7.06. The number of ether oxygens (including phenoxy) is 1. The molecule has 1 aromatic rings. The molecule has 0 heterocycles. The predicted octanol–water partition coefficient (Wildman–Crippen LogP) is 6.67. The molecule has 0 aliphatic rings. The number of halogens is 6. The summed E-state index contributed by atoms with van der Waals surface area (Å²) in [6, 6.07) is 1.57. The summed E-state index contributed by atoms with van der Waals surface area (Å²) in [6.45, 7) is 10.8. The van der Waals surface area contributed by atoms with Gasteiger partial charge in [0.25, 0.3) is 5.60 Å². The van der Waals surface area contributed by atoms with E-state index in [0.717, 1.165) is 12.1 Å². The van der Waals surface area contributed by atoms with Crippen LogP contribution in [0, 0.1) is 5.41 Å². The van der Waals surface area contributed by atoms with Gasteiger partial charge in [-0.1, -0.05) is 48.0 Å². The van der Waals surface area contributed by atoms with E-state index in [9.17, 15) is 31.4 Å². The van der Waals surface area contributed by atoms with E-state index in [0.29, 0.717) is 12.8 Å². The Bertz CT molecular complexity index is 703. The summed E-state index contributed by atoms with van der Waals surface area (Å²) < 4.78 is 86.5. The molecular weight excluding hydrogens is 398 g/mol.